The number of unbranched alkanes of at least 4 members (excludes halogenated alkanes) is 2. The number of carbonyl (C=O) groups excluding carboxylic acids is 1. The summed E-state index contributed by atoms with van der Waals surface area (Å²) in [5.41, 5.74) is -1.87. The molecule has 0 aliphatic carbocycles. The second kappa shape index (κ2) is 24.1. The first-order valence-corrected chi connectivity index (χ1v) is 23.0. The van der Waals surface area contributed by atoms with Gasteiger partial charge in [-0.2, -0.15) is 0 Å². The number of hydrogen-bond acceptors (Lipinski definition) is 23. The van der Waals surface area contributed by atoms with Gasteiger partial charge in [-0.25, -0.2) is 0 Å². The van der Waals surface area contributed by atoms with E-state index >= 15 is 0 Å². The number of amides is 1. The van der Waals surface area contributed by atoms with E-state index < -0.39 is 151 Å². The van der Waals surface area contributed by atoms with Crippen molar-refractivity contribution >= 4 is 11.6 Å². The molecule has 1 aromatic carbocycles. The van der Waals surface area contributed by atoms with E-state index in [9.17, 15) is 55.2 Å². The molecule has 1 amide bonds. The Labute approximate surface area is 388 Å². The predicted molar refractivity (Wildman–Crippen MR) is 232 cm³/mol. The standard InChI is InChI=1S/C43H74N4O20/c1-17-27(50)25(47-23(49)14-43(6,7)59)18(2)61-39(17)65-36-29(52)20(4)62-40(34(36)57)66-37-30(53)21(5)63-41(35(37)58)67-38-33(56)28(51)19(3)64-42(38)60-13-11-9-10-12-22(46-15-45-16-48)24-26(44-8)32(55)31(24)54/h17-22,25,27-30,33-42,44-46,48,50-53,56-59H,9-16H2,1-8H3,(H,47,49)/t17?,18?,19?,20?,21?,22?,25-,27-,28+,29+,30+,33+,34?,35?,36+,37+,38?,39+,40+,41+,42+/m1/s1. The molecule has 1 aromatic rings. The molecule has 0 bridgehead atoms. The fourth-order valence-electron chi connectivity index (χ4n) is 8.88. The van der Waals surface area contributed by atoms with Crippen LogP contribution in [0, 0.1) is 5.92 Å². The molecule has 4 saturated heterocycles. The predicted octanol–water partition coefficient (Wildman–Crippen LogP) is -4.03. The molecule has 9 unspecified atom stereocenters. The number of aliphatic hydroxyl groups excluding tert-OH is 8. The van der Waals surface area contributed by atoms with E-state index in [2.05, 4.69) is 21.3 Å². The molecule has 67 heavy (non-hydrogen) atoms. The number of anilines is 1. The molecule has 386 valence electrons. The third-order valence-electron chi connectivity index (χ3n) is 12.9. The van der Waals surface area contributed by atoms with Crippen molar-refractivity contribution in [2.75, 3.05) is 32.4 Å². The zero-order valence-corrected chi connectivity index (χ0v) is 39.3. The van der Waals surface area contributed by atoms with Gasteiger partial charge in [0, 0.05) is 37.8 Å². The van der Waals surface area contributed by atoms with Crippen LogP contribution >= 0.6 is 0 Å². The van der Waals surface area contributed by atoms with Crippen molar-refractivity contribution in [2.24, 2.45) is 5.92 Å². The Kier molecular flexibility index (Phi) is 20.0. The molecule has 5 rings (SSSR count). The van der Waals surface area contributed by atoms with Crippen LogP contribution in [0.5, 0.6) is 0 Å². The van der Waals surface area contributed by atoms with Crippen molar-refractivity contribution in [3.05, 3.63) is 26.0 Å². The molecule has 0 saturated carbocycles. The maximum Gasteiger partial charge on any atom is 0.249 e. The number of hydrogen-bond donors (Lipinski definition) is 13. The lowest BCUT2D eigenvalue weighted by molar-refractivity contribution is -0.386. The van der Waals surface area contributed by atoms with Crippen molar-refractivity contribution in [1.82, 2.24) is 16.0 Å². The van der Waals surface area contributed by atoms with Gasteiger partial charge in [0.15, 0.2) is 25.2 Å². The molecule has 13 N–H and O–H groups in total. The molecular weight excluding hydrogens is 892 g/mol. The molecule has 4 fully saturated rings. The molecular formula is C43H74N4O20. The van der Waals surface area contributed by atoms with Crippen LogP contribution in [-0.2, 0) is 42.7 Å². The summed E-state index contributed by atoms with van der Waals surface area (Å²) in [5, 5.41) is 109. The van der Waals surface area contributed by atoms with Gasteiger partial charge < -0.3 is 94.5 Å². The number of rotatable bonds is 22. The summed E-state index contributed by atoms with van der Waals surface area (Å²) < 4.78 is 47.7. The lowest BCUT2D eigenvalue weighted by Crippen LogP contribution is -2.66. The molecule has 0 aromatic heterocycles. The Bertz CT molecular complexity index is 1780. The minimum absolute atomic E-state index is 0.0913. The van der Waals surface area contributed by atoms with E-state index in [1.807, 2.05) is 0 Å². The van der Waals surface area contributed by atoms with Crippen molar-refractivity contribution in [2.45, 2.75) is 209 Å². The van der Waals surface area contributed by atoms with Gasteiger partial charge in [-0.05, 0) is 54.4 Å². The summed E-state index contributed by atoms with van der Waals surface area (Å²) in [7, 11) is 1.56. The third kappa shape index (κ3) is 13.3. The fraction of sp³-hybridized carbons (Fsp3) is 0.884. The zero-order chi connectivity index (χ0) is 49.7. The normalized spacial score (nSPS) is 40.1. The Morgan fingerprint density at radius 1 is 0.672 bits per heavy atom. The zero-order valence-electron chi connectivity index (χ0n) is 39.3. The first kappa shape index (κ1) is 55.5. The van der Waals surface area contributed by atoms with E-state index in [0.717, 1.165) is 0 Å². The van der Waals surface area contributed by atoms with Gasteiger partial charge in [0.2, 0.25) is 16.8 Å². The largest absolute Gasteiger partial charge is 0.390 e. The average Bonchev–Trinajstić information content (AvgIpc) is 3.26. The number of nitrogens with one attached hydrogen (secondary N) is 4. The molecule has 24 heteroatoms. The molecule has 0 radical (unpaired) electrons. The van der Waals surface area contributed by atoms with Gasteiger partial charge in [0.05, 0.1) is 61.0 Å². The Morgan fingerprint density at radius 3 is 1.78 bits per heavy atom. The SMILES string of the molecule is CNc1c(C(CCCCCO[C@H]2OC(C)[C@H](O)[C@H](O)C2O[C@@H]2OC(C)[C@H](O)[C@H](O[C@@H]3OC(C)[C@H](O)[C@H](O[C@@H]4OC(C)[C@@H](NC(=O)CC(C)(C)O)[C@H](O)C4C)C3O)C2O)NCNCO)c(=O)c1=O. The van der Waals surface area contributed by atoms with E-state index in [1.54, 1.807) is 20.9 Å². The maximum absolute atomic E-state index is 12.6. The molecule has 24 nitrogen and oxygen atoms in total. The van der Waals surface area contributed by atoms with Gasteiger partial charge in [0.1, 0.15) is 54.9 Å². The second-order valence-electron chi connectivity index (χ2n) is 18.8. The van der Waals surface area contributed by atoms with Crippen LogP contribution < -0.4 is 32.1 Å². The topological polar surface area (TPSA) is 355 Å². The fourth-order valence-corrected chi connectivity index (χ4v) is 8.88. The molecule has 4 heterocycles. The highest BCUT2D eigenvalue weighted by Crippen LogP contribution is 2.36. The summed E-state index contributed by atoms with van der Waals surface area (Å²) in [4.78, 5) is 37.0. The van der Waals surface area contributed by atoms with Crippen LogP contribution in [0.25, 0.3) is 0 Å². The average molecular weight is 967 g/mol. The van der Waals surface area contributed by atoms with Crippen LogP contribution in [-0.4, -0.2) is 201 Å². The minimum Gasteiger partial charge on any atom is -0.390 e. The van der Waals surface area contributed by atoms with Gasteiger partial charge in [-0.15, -0.1) is 0 Å². The highest BCUT2D eigenvalue weighted by atomic mass is 16.8. The van der Waals surface area contributed by atoms with E-state index in [-0.39, 0.29) is 32.1 Å². The first-order valence-electron chi connectivity index (χ1n) is 23.0. The number of aliphatic hydroxyl groups is 9. The molecule has 21 atom stereocenters. The van der Waals surface area contributed by atoms with Crippen LogP contribution in [0.4, 0.5) is 5.69 Å². The van der Waals surface area contributed by atoms with Crippen molar-refractivity contribution in [1.29, 1.82) is 0 Å². The summed E-state index contributed by atoms with van der Waals surface area (Å²) in [6.45, 7) is 10.6. The lowest BCUT2D eigenvalue weighted by atomic mass is 9.90. The van der Waals surface area contributed by atoms with Crippen molar-refractivity contribution in [3.63, 3.8) is 0 Å². The monoisotopic (exact) mass is 966 g/mol. The van der Waals surface area contributed by atoms with Gasteiger partial charge >= 0.3 is 0 Å². The maximum atomic E-state index is 12.6. The van der Waals surface area contributed by atoms with Crippen molar-refractivity contribution in [3.8, 4) is 0 Å². The summed E-state index contributed by atoms with van der Waals surface area (Å²) in [5.74, 6) is -1.32. The van der Waals surface area contributed by atoms with Crippen LogP contribution in [0.15, 0.2) is 9.59 Å². The van der Waals surface area contributed by atoms with Crippen molar-refractivity contribution < 1.29 is 88.6 Å². The van der Waals surface area contributed by atoms with Crippen LogP contribution in [0.3, 0.4) is 0 Å². The number of ether oxygens (including phenoxy) is 8. The second-order valence-corrected chi connectivity index (χ2v) is 18.8. The Morgan fingerprint density at radius 2 is 1.21 bits per heavy atom. The van der Waals surface area contributed by atoms with Crippen LogP contribution in [0.2, 0.25) is 0 Å². The summed E-state index contributed by atoms with van der Waals surface area (Å²) in [6.07, 6.45) is -23.0. The highest BCUT2D eigenvalue weighted by molar-refractivity contribution is 5.77. The number of carbonyl (C=O) groups is 1. The smallest absolute Gasteiger partial charge is 0.249 e. The van der Waals surface area contributed by atoms with E-state index in [0.29, 0.717) is 31.2 Å². The Balaban J connectivity index is 1.19. The highest BCUT2D eigenvalue weighted by Gasteiger charge is 2.54. The molecule has 0 spiro atoms. The summed E-state index contributed by atoms with van der Waals surface area (Å²) >= 11 is 0. The molecule has 4 aliphatic rings. The minimum atomic E-state index is -1.82. The summed E-state index contributed by atoms with van der Waals surface area (Å²) in [6, 6.07) is -1.33. The lowest BCUT2D eigenvalue weighted by Gasteiger charge is -2.49. The van der Waals surface area contributed by atoms with E-state index in [4.69, 9.17) is 43.0 Å². The molecule has 4 aliphatic heterocycles. The van der Waals surface area contributed by atoms with Crippen LogP contribution in [0.1, 0.15) is 92.2 Å². The third-order valence-corrected chi connectivity index (χ3v) is 12.9. The Hall–Kier alpha value is -2.41. The quantitative estimate of drug-likeness (QED) is 0.0299. The van der Waals surface area contributed by atoms with Gasteiger partial charge in [-0.1, -0.05) is 19.8 Å². The van der Waals surface area contributed by atoms with E-state index in [1.165, 1.54) is 34.6 Å². The first-order chi connectivity index (χ1) is 31.5. The van der Waals surface area contributed by atoms with Gasteiger partial charge in [0.25, 0.3) is 0 Å². The van der Waals surface area contributed by atoms with Gasteiger partial charge in [-0.3, -0.25) is 25.0 Å².